The molecule has 0 aromatic heterocycles. The van der Waals surface area contributed by atoms with Gasteiger partial charge in [-0.05, 0) is 36.3 Å². The van der Waals surface area contributed by atoms with E-state index in [1.165, 1.54) is 11.1 Å². The van der Waals surface area contributed by atoms with Crippen molar-refractivity contribution in [2.75, 3.05) is 18.1 Å². The van der Waals surface area contributed by atoms with Gasteiger partial charge >= 0.3 is 0 Å². The lowest BCUT2D eigenvalue weighted by molar-refractivity contribution is 0.339. The van der Waals surface area contributed by atoms with Crippen molar-refractivity contribution in [2.24, 2.45) is 0 Å². The molecule has 1 aromatic carbocycles. The largest absolute Gasteiger partial charge is 0.492 e. The van der Waals surface area contributed by atoms with Crippen LogP contribution in [0, 0.1) is 13.8 Å². The fraction of sp³-hybridized carbons (Fsp3) is 0.538. The molecule has 0 radical (unpaired) electrons. The molecule has 0 N–H and O–H groups in total. The van der Waals surface area contributed by atoms with Crippen LogP contribution in [-0.4, -0.2) is 18.1 Å². The highest BCUT2D eigenvalue weighted by Gasteiger charge is 2.05. The highest BCUT2D eigenvalue weighted by Crippen LogP contribution is 2.25. The summed E-state index contributed by atoms with van der Waals surface area (Å²) in [6.07, 6.45) is 0. The topological polar surface area (TPSA) is 9.23 Å². The fourth-order valence-electron chi connectivity index (χ4n) is 1.69. The van der Waals surface area contributed by atoms with Crippen molar-refractivity contribution in [1.82, 2.24) is 0 Å². The molecule has 1 aromatic rings. The summed E-state index contributed by atoms with van der Waals surface area (Å²) in [7, 11) is 0. The average molecular weight is 259 g/mol. The molecular weight excluding hydrogens is 240 g/mol. The van der Waals surface area contributed by atoms with Crippen LogP contribution < -0.4 is 4.74 Å². The first-order valence-corrected chi connectivity index (χ1v) is 7.24. The molecule has 0 fully saturated rings. The molecule has 0 atom stereocenters. The minimum Gasteiger partial charge on any atom is -0.492 e. The van der Waals surface area contributed by atoms with Gasteiger partial charge in [0.25, 0.3) is 0 Å². The fourth-order valence-corrected chi connectivity index (χ4v) is 2.34. The van der Waals surface area contributed by atoms with Gasteiger partial charge in [-0.2, -0.15) is 11.8 Å². The van der Waals surface area contributed by atoms with Gasteiger partial charge < -0.3 is 4.74 Å². The van der Waals surface area contributed by atoms with Crippen molar-refractivity contribution in [2.45, 2.75) is 26.7 Å². The van der Waals surface area contributed by atoms with Crippen molar-refractivity contribution >= 4 is 23.4 Å². The predicted molar refractivity (Wildman–Crippen MR) is 74.0 cm³/mol. The van der Waals surface area contributed by atoms with Gasteiger partial charge in [0, 0.05) is 11.6 Å². The molecule has 0 aliphatic rings. The number of hydrogen-bond donors (Lipinski definition) is 0. The van der Waals surface area contributed by atoms with Gasteiger partial charge in [-0.15, -0.1) is 11.6 Å². The van der Waals surface area contributed by atoms with Gasteiger partial charge in [-0.1, -0.05) is 19.1 Å². The summed E-state index contributed by atoms with van der Waals surface area (Å²) in [5.74, 6) is 3.78. The number of aryl methyl sites for hydroxylation is 2. The molecule has 0 saturated carbocycles. The molecule has 1 rings (SSSR count). The maximum Gasteiger partial charge on any atom is 0.125 e. The Morgan fingerprint density at radius 3 is 2.38 bits per heavy atom. The van der Waals surface area contributed by atoms with E-state index in [2.05, 4.69) is 32.9 Å². The number of alkyl halides is 1. The first-order valence-electron chi connectivity index (χ1n) is 5.55. The number of hydrogen-bond acceptors (Lipinski definition) is 2. The average Bonchev–Trinajstić information content (AvgIpc) is 2.26. The molecule has 0 saturated heterocycles. The Morgan fingerprint density at radius 1 is 1.25 bits per heavy atom. The number of halogens is 1. The summed E-state index contributed by atoms with van der Waals surface area (Å²) in [5.41, 5.74) is 3.52. The Morgan fingerprint density at radius 2 is 1.88 bits per heavy atom. The third-order valence-electron chi connectivity index (χ3n) is 2.35. The zero-order chi connectivity index (χ0) is 12.0. The van der Waals surface area contributed by atoms with Gasteiger partial charge in [-0.25, -0.2) is 0 Å². The Bertz CT molecular complexity index is 316. The summed E-state index contributed by atoms with van der Waals surface area (Å²) in [4.78, 5) is 0. The van der Waals surface area contributed by atoms with Crippen LogP contribution in [0.5, 0.6) is 5.75 Å². The Hall–Kier alpha value is -0.340. The van der Waals surface area contributed by atoms with E-state index in [-0.39, 0.29) is 0 Å². The van der Waals surface area contributed by atoms with E-state index in [1.807, 2.05) is 11.8 Å². The molecule has 16 heavy (non-hydrogen) atoms. The lowest BCUT2D eigenvalue weighted by Crippen LogP contribution is -2.03. The molecule has 0 bridgehead atoms. The van der Waals surface area contributed by atoms with Crippen LogP contribution in [0.25, 0.3) is 0 Å². The first kappa shape index (κ1) is 13.7. The second-order valence-electron chi connectivity index (χ2n) is 3.74. The van der Waals surface area contributed by atoms with Crippen LogP contribution in [0.4, 0.5) is 0 Å². The quantitative estimate of drug-likeness (QED) is 0.559. The normalized spacial score (nSPS) is 10.5. The van der Waals surface area contributed by atoms with Crippen LogP contribution in [-0.2, 0) is 5.88 Å². The van der Waals surface area contributed by atoms with E-state index in [0.29, 0.717) is 5.88 Å². The molecular formula is C13H19ClOS. The molecule has 0 aliphatic carbocycles. The number of benzene rings is 1. The van der Waals surface area contributed by atoms with Crippen molar-refractivity contribution in [1.29, 1.82) is 0 Å². The van der Waals surface area contributed by atoms with Crippen molar-refractivity contribution in [3.8, 4) is 5.75 Å². The maximum atomic E-state index is 5.82. The summed E-state index contributed by atoms with van der Waals surface area (Å²) >= 11 is 7.73. The van der Waals surface area contributed by atoms with Gasteiger partial charge in [0.1, 0.15) is 5.75 Å². The minimum absolute atomic E-state index is 0.563. The molecule has 0 unspecified atom stereocenters. The van der Waals surface area contributed by atoms with Gasteiger partial charge in [0.05, 0.1) is 6.61 Å². The van der Waals surface area contributed by atoms with Gasteiger partial charge in [0.15, 0.2) is 0 Å². The van der Waals surface area contributed by atoms with E-state index in [0.717, 1.165) is 29.4 Å². The monoisotopic (exact) mass is 258 g/mol. The number of thioether (sulfide) groups is 1. The molecule has 0 aliphatic heterocycles. The molecule has 1 nitrogen and oxygen atoms in total. The summed E-state index contributed by atoms with van der Waals surface area (Å²) in [6.45, 7) is 7.09. The molecule has 0 amide bonds. The second-order valence-corrected chi connectivity index (χ2v) is 5.40. The zero-order valence-electron chi connectivity index (χ0n) is 10.2. The Balaban J connectivity index is 2.65. The van der Waals surface area contributed by atoms with Crippen LogP contribution >= 0.6 is 23.4 Å². The van der Waals surface area contributed by atoms with Gasteiger partial charge in [0.2, 0.25) is 0 Å². The van der Waals surface area contributed by atoms with Crippen LogP contribution in [0.15, 0.2) is 12.1 Å². The van der Waals surface area contributed by atoms with Crippen LogP contribution in [0.3, 0.4) is 0 Å². The lowest BCUT2D eigenvalue weighted by atomic mass is 10.1. The first-order chi connectivity index (χ1) is 7.69. The smallest absolute Gasteiger partial charge is 0.125 e. The highest BCUT2D eigenvalue weighted by molar-refractivity contribution is 7.99. The second kappa shape index (κ2) is 7.08. The van der Waals surface area contributed by atoms with Gasteiger partial charge in [-0.3, -0.25) is 0 Å². The van der Waals surface area contributed by atoms with E-state index in [1.54, 1.807) is 0 Å². The predicted octanol–water partition coefficient (Wildman–Crippen LogP) is 4.17. The maximum absolute atomic E-state index is 5.82. The van der Waals surface area contributed by atoms with Crippen LogP contribution in [0.2, 0.25) is 0 Å². The lowest BCUT2D eigenvalue weighted by Gasteiger charge is -2.13. The zero-order valence-corrected chi connectivity index (χ0v) is 11.8. The molecule has 0 spiro atoms. The molecule has 90 valence electrons. The van der Waals surface area contributed by atoms with Crippen molar-refractivity contribution in [3.05, 3.63) is 28.8 Å². The van der Waals surface area contributed by atoms with Crippen molar-refractivity contribution in [3.63, 3.8) is 0 Å². The Kier molecular flexibility index (Phi) is 6.07. The van der Waals surface area contributed by atoms with E-state index in [9.17, 15) is 0 Å². The van der Waals surface area contributed by atoms with E-state index >= 15 is 0 Å². The summed E-state index contributed by atoms with van der Waals surface area (Å²) in [6, 6.07) is 4.20. The molecule has 3 heteroatoms. The van der Waals surface area contributed by atoms with Crippen LogP contribution in [0.1, 0.15) is 23.6 Å². The van der Waals surface area contributed by atoms with Crippen molar-refractivity contribution < 1.29 is 4.74 Å². The number of ether oxygens (including phenoxy) is 1. The third kappa shape index (κ3) is 3.91. The van der Waals surface area contributed by atoms with E-state index in [4.69, 9.17) is 16.3 Å². The standard InChI is InChI=1S/C13H19ClOS/c1-4-16-6-5-15-13-10(2)7-12(9-14)8-11(13)3/h7-8H,4-6,9H2,1-3H3. The third-order valence-corrected chi connectivity index (χ3v) is 3.52. The van der Waals surface area contributed by atoms with E-state index < -0.39 is 0 Å². The number of rotatable bonds is 6. The SMILES string of the molecule is CCSCCOc1c(C)cc(CCl)cc1C. The summed E-state index contributed by atoms with van der Waals surface area (Å²) < 4.78 is 5.81. The minimum atomic E-state index is 0.563. The molecule has 0 heterocycles. The summed E-state index contributed by atoms with van der Waals surface area (Å²) in [5, 5.41) is 0. The highest BCUT2D eigenvalue weighted by atomic mass is 35.5. The Labute approximate surface area is 108 Å².